The van der Waals surface area contributed by atoms with Gasteiger partial charge in [-0.15, -0.1) is 0 Å². The van der Waals surface area contributed by atoms with Gasteiger partial charge in [0.1, 0.15) is 5.75 Å². The predicted octanol–water partition coefficient (Wildman–Crippen LogP) is 1.86. The maximum absolute atomic E-state index is 11.6. The van der Waals surface area contributed by atoms with E-state index in [9.17, 15) is 4.79 Å². The molecule has 0 aliphatic heterocycles. The summed E-state index contributed by atoms with van der Waals surface area (Å²) in [5, 5.41) is 2.82. The molecular formula is C15H24N2O2. The standard InChI is InChI=1S/C15H24N2O2/c1-11(2)14(16)15(18)17-9-4-10-19-13-7-5-12(3)6-8-13/h5-8,11,14H,4,9-10,16H2,1-3H3,(H,17,18)/t14-/m0/s1. The molecule has 0 aliphatic rings. The van der Waals surface area contributed by atoms with Crippen LogP contribution < -0.4 is 15.8 Å². The maximum Gasteiger partial charge on any atom is 0.237 e. The predicted molar refractivity (Wildman–Crippen MR) is 77.1 cm³/mol. The van der Waals surface area contributed by atoms with Crippen LogP contribution in [0.4, 0.5) is 0 Å². The van der Waals surface area contributed by atoms with Crippen LogP contribution in [0, 0.1) is 12.8 Å². The van der Waals surface area contributed by atoms with E-state index in [0.717, 1.165) is 12.2 Å². The lowest BCUT2D eigenvalue weighted by molar-refractivity contribution is -0.123. The van der Waals surface area contributed by atoms with Crippen molar-refractivity contribution in [1.82, 2.24) is 5.32 Å². The molecule has 0 saturated carbocycles. The highest BCUT2D eigenvalue weighted by atomic mass is 16.5. The largest absolute Gasteiger partial charge is 0.494 e. The topological polar surface area (TPSA) is 64.3 Å². The number of rotatable bonds is 7. The second-order valence-electron chi connectivity index (χ2n) is 5.08. The molecule has 1 aromatic carbocycles. The van der Waals surface area contributed by atoms with Gasteiger partial charge in [-0.2, -0.15) is 0 Å². The Hall–Kier alpha value is -1.55. The molecule has 0 heterocycles. The lowest BCUT2D eigenvalue weighted by atomic mass is 10.1. The summed E-state index contributed by atoms with van der Waals surface area (Å²) < 4.78 is 5.57. The lowest BCUT2D eigenvalue weighted by Crippen LogP contribution is -2.44. The first-order chi connectivity index (χ1) is 9.00. The van der Waals surface area contributed by atoms with E-state index >= 15 is 0 Å². The number of ether oxygens (including phenoxy) is 1. The van der Waals surface area contributed by atoms with E-state index in [1.807, 2.05) is 45.0 Å². The van der Waals surface area contributed by atoms with E-state index < -0.39 is 6.04 Å². The fraction of sp³-hybridized carbons (Fsp3) is 0.533. The van der Waals surface area contributed by atoms with Gasteiger partial charge in [0.2, 0.25) is 5.91 Å². The van der Waals surface area contributed by atoms with Crippen LogP contribution in [0.25, 0.3) is 0 Å². The monoisotopic (exact) mass is 264 g/mol. The van der Waals surface area contributed by atoms with E-state index in [2.05, 4.69) is 5.32 Å². The van der Waals surface area contributed by atoms with Crippen LogP contribution in [0.2, 0.25) is 0 Å². The van der Waals surface area contributed by atoms with Crippen molar-refractivity contribution >= 4 is 5.91 Å². The van der Waals surface area contributed by atoms with Gasteiger partial charge in [0.05, 0.1) is 12.6 Å². The Morgan fingerprint density at radius 1 is 1.32 bits per heavy atom. The van der Waals surface area contributed by atoms with Crippen LogP contribution in [0.5, 0.6) is 5.75 Å². The van der Waals surface area contributed by atoms with Gasteiger partial charge < -0.3 is 15.8 Å². The summed E-state index contributed by atoms with van der Waals surface area (Å²) in [7, 11) is 0. The van der Waals surface area contributed by atoms with E-state index in [0.29, 0.717) is 13.2 Å². The number of hydrogen-bond acceptors (Lipinski definition) is 3. The summed E-state index contributed by atoms with van der Waals surface area (Å²) in [6.07, 6.45) is 0.768. The first-order valence-electron chi connectivity index (χ1n) is 6.73. The van der Waals surface area contributed by atoms with Crippen LogP contribution >= 0.6 is 0 Å². The number of nitrogens with one attached hydrogen (secondary N) is 1. The second-order valence-corrected chi connectivity index (χ2v) is 5.08. The summed E-state index contributed by atoms with van der Waals surface area (Å²) in [6, 6.07) is 7.49. The molecule has 0 unspecified atom stereocenters. The first-order valence-corrected chi connectivity index (χ1v) is 6.73. The Morgan fingerprint density at radius 2 is 1.95 bits per heavy atom. The molecule has 4 nitrogen and oxygen atoms in total. The van der Waals surface area contributed by atoms with Crippen molar-refractivity contribution in [2.45, 2.75) is 33.2 Å². The van der Waals surface area contributed by atoms with Crippen molar-refractivity contribution < 1.29 is 9.53 Å². The Bertz CT molecular complexity index is 388. The van der Waals surface area contributed by atoms with Gasteiger partial charge in [0.25, 0.3) is 0 Å². The zero-order valence-corrected chi connectivity index (χ0v) is 12.0. The van der Waals surface area contributed by atoms with Crippen molar-refractivity contribution in [3.8, 4) is 5.75 Å². The molecule has 3 N–H and O–H groups in total. The van der Waals surface area contributed by atoms with Gasteiger partial charge in [-0.1, -0.05) is 31.5 Å². The average molecular weight is 264 g/mol. The van der Waals surface area contributed by atoms with Gasteiger partial charge in [-0.05, 0) is 31.4 Å². The summed E-state index contributed by atoms with van der Waals surface area (Å²) in [5.41, 5.74) is 6.95. The van der Waals surface area contributed by atoms with Gasteiger partial charge in [-0.25, -0.2) is 0 Å². The fourth-order valence-corrected chi connectivity index (χ4v) is 1.53. The third-order valence-corrected chi connectivity index (χ3v) is 2.93. The number of nitrogens with two attached hydrogens (primary N) is 1. The first kappa shape index (κ1) is 15.5. The van der Waals surface area contributed by atoms with E-state index in [1.165, 1.54) is 5.56 Å². The van der Waals surface area contributed by atoms with Crippen molar-refractivity contribution in [2.24, 2.45) is 11.7 Å². The molecule has 0 radical (unpaired) electrons. The highest BCUT2D eigenvalue weighted by Gasteiger charge is 2.15. The summed E-state index contributed by atoms with van der Waals surface area (Å²) in [6.45, 7) is 7.08. The van der Waals surface area contributed by atoms with Crippen LogP contribution in [-0.4, -0.2) is 25.1 Å². The number of carbonyl (C=O) groups is 1. The summed E-state index contributed by atoms with van der Waals surface area (Å²) in [5.74, 6) is 0.921. The third-order valence-electron chi connectivity index (χ3n) is 2.93. The van der Waals surface area contributed by atoms with Crippen molar-refractivity contribution in [3.05, 3.63) is 29.8 Å². The van der Waals surface area contributed by atoms with E-state index in [-0.39, 0.29) is 11.8 Å². The van der Waals surface area contributed by atoms with Crippen molar-refractivity contribution in [1.29, 1.82) is 0 Å². The molecule has 0 saturated heterocycles. The quantitative estimate of drug-likeness (QED) is 0.739. The Kier molecular flexibility index (Phi) is 6.36. The zero-order chi connectivity index (χ0) is 14.3. The summed E-state index contributed by atoms with van der Waals surface area (Å²) >= 11 is 0. The number of hydrogen-bond donors (Lipinski definition) is 2. The molecule has 1 rings (SSSR count). The minimum atomic E-state index is -0.432. The SMILES string of the molecule is Cc1ccc(OCCCNC(=O)[C@@H](N)C(C)C)cc1. The average Bonchev–Trinajstić information content (AvgIpc) is 2.39. The number of aryl methyl sites for hydroxylation is 1. The molecule has 1 atom stereocenters. The molecule has 0 aliphatic carbocycles. The fourth-order valence-electron chi connectivity index (χ4n) is 1.53. The maximum atomic E-state index is 11.6. The molecular weight excluding hydrogens is 240 g/mol. The smallest absolute Gasteiger partial charge is 0.237 e. The second kappa shape index (κ2) is 7.79. The van der Waals surface area contributed by atoms with Crippen molar-refractivity contribution in [2.75, 3.05) is 13.2 Å². The minimum absolute atomic E-state index is 0.0923. The number of carbonyl (C=O) groups excluding carboxylic acids is 1. The van der Waals surface area contributed by atoms with Crippen molar-refractivity contribution in [3.63, 3.8) is 0 Å². The summed E-state index contributed by atoms with van der Waals surface area (Å²) in [4.78, 5) is 11.6. The zero-order valence-electron chi connectivity index (χ0n) is 12.0. The molecule has 19 heavy (non-hydrogen) atoms. The molecule has 0 spiro atoms. The van der Waals surface area contributed by atoms with Gasteiger partial charge >= 0.3 is 0 Å². The van der Waals surface area contributed by atoms with E-state index in [4.69, 9.17) is 10.5 Å². The Balaban J connectivity index is 2.14. The number of amides is 1. The minimum Gasteiger partial charge on any atom is -0.494 e. The normalized spacial score (nSPS) is 12.3. The number of benzene rings is 1. The lowest BCUT2D eigenvalue weighted by Gasteiger charge is -2.15. The highest BCUT2D eigenvalue weighted by molar-refractivity contribution is 5.81. The molecule has 1 amide bonds. The van der Waals surface area contributed by atoms with Crippen LogP contribution in [0.3, 0.4) is 0 Å². The van der Waals surface area contributed by atoms with Crippen LogP contribution in [0.15, 0.2) is 24.3 Å². The van der Waals surface area contributed by atoms with E-state index in [1.54, 1.807) is 0 Å². The van der Waals surface area contributed by atoms with Crippen LogP contribution in [0.1, 0.15) is 25.8 Å². The molecule has 0 bridgehead atoms. The molecule has 106 valence electrons. The molecule has 0 fully saturated rings. The highest BCUT2D eigenvalue weighted by Crippen LogP contribution is 2.11. The van der Waals surface area contributed by atoms with Gasteiger partial charge in [-0.3, -0.25) is 4.79 Å². The third kappa shape index (κ3) is 5.75. The van der Waals surface area contributed by atoms with Crippen LogP contribution in [-0.2, 0) is 4.79 Å². The Morgan fingerprint density at radius 3 is 2.53 bits per heavy atom. The molecule has 4 heteroatoms. The molecule has 1 aromatic rings. The van der Waals surface area contributed by atoms with Gasteiger partial charge in [0.15, 0.2) is 0 Å². The Labute approximate surface area is 115 Å². The molecule has 0 aromatic heterocycles. The van der Waals surface area contributed by atoms with Gasteiger partial charge in [0, 0.05) is 6.54 Å².